The Morgan fingerprint density at radius 1 is 1.27 bits per heavy atom. The van der Waals surface area contributed by atoms with E-state index in [2.05, 4.69) is 44.1 Å². The van der Waals surface area contributed by atoms with Gasteiger partial charge in [-0.3, -0.25) is 14.7 Å². The molecule has 2 aliphatic rings. The topological polar surface area (TPSA) is 87.4 Å². The number of likely N-dealkylation sites (tertiary alicyclic amines) is 1. The Hall–Kier alpha value is -2.48. The van der Waals surface area contributed by atoms with E-state index < -0.39 is 0 Å². The van der Waals surface area contributed by atoms with Crippen LogP contribution in [0.5, 0.6) is 0 Å². The standard InChI is InChI=1S/C22H32N6O2/c1-16(2)21-25-22(26-30-21)27-11-7-19(8-12-27)28-10-4-6-18(15-28)20(29)24-14-17-5-3-9-23-13-17/h3,5,9,13,16,18-19H,4,6-8,10-12,14-15H2,1-2H3,(H,24,29)/t18-/m0/s1. The smallest absolute Gasteiger partial charge is 0.266 e. The highest BCUT2D eigenvalue weighted by molar-refractivity contribution is 5.78. The van der Waals surface area contributed by atoms with Crippen molar-refractivity contribution in [3.63, 3.8) is 0 Å². The molecule has 8 nitrogen and oxygen atoms in total. The van der Waals surface area contributed by atoms with Crippen molar-refractivity contribution in [2.75, 3.05) is 31.1 Å². The normalized spacial score (nSPS) is 21.2. The van der Waals surface area contributed by atoms with Crippen molar-refractivity contribution >= 4 is 11.9 Å². The first-order valence-corrected chi connectivity index (χ1v) is 11.1. The number of amides is 1. The van der Waals surface area contributed by atoms with E-state index in [9.17, 15) is 4.79 Å². The maximum absolute atomic E-state index is 12.7. The highest BCUT2D eigenvalue weighted by Gasteiger charge is 2.32. The monoisotopic (exact) mass is 412 g/mol. The van der Waals surface area contributed by atoms with E-state index in [0.717, 1.165) is 57.4 Å². The van der Waals surface area contributed by atoms with Gasteiger partial charge in [0.25, 0.3) is 5.95 Å². The largest absolute Gasteiger partial charge is 0.352 e. The zero-order valence-corrected chi connectivity index (χ0v) is 18.0. The maximum atomic E-state index is 12.7. The predicted molar refractivity (Wildman–Crippen MR) is 114 cm³/mol. The van der Waals surface area contributed by atoms with Gasteiger partial charge in [0.1, 0.15) is 0 Å². The van der Waals surface area contributed by atoms with Crippen LogP contribution < -0.4 is 10.2 Å². The zero-order valence-electron chi connectivity index (χ0n) is 18.0. The molecule has 2 aromatic heterocycles. The number of nitrogens with zero attached hydrogens (tertiary/aromatic N) is 5. The van der Waals surface area contributed by atoms with Crippen molar-refractivity contribution in [1.29, 1.82) is 0 Å². The molecule has 0 spiro atoms. The van der Waals surface area contributed by atoms with Crippen molar-refractivity contribution in [1.82, 2.24) is 25.3 Å². The maximum Gasteiger partial charge on any atom is 0.266 e. The molecule has 0 aromatic carbocycles. The summed E-state index contributed by atoms with van der Waals surface area (Å²) in [5, 5.41) is 7.24. The minimum absolute atomic E-state index is 0.0688. The van der Waals surface area contributed by atoms with Crippen LogP contribution in [0.15, 0.2) is 29.0 Å². The van der Waals surface area contributed by atoms with Gasteiger partial charge in [-0.15, -0.1) is 0 Å². The van der Waals surface area contributed by atoms with Crippen molar-refractivity contribution in [3.8, 4) is 0 Å². The molecule has 8 heteroatoms. The van der Waals surface area contributed by atoms with E-state index in [-0.39, 0.29) is 17.7 Å². The fraction of sp³-hybridized carbons (Fsp3) is 0.636. The molecule has 4 rings (SSSR count). The summed E-state index contributed by atoms with van der Waals surface area (Å²) in [4.78, 5) is 26.1. The van der Waals surface area contributed by atoms with Crippen LogP contribution in [-0.2, 0) is 11.3 Å². The number of carbonyl (C=O) groups is 1. The predicted octanol–water partition coefficient (Wildman–Crippen LogP) is 2.59. The van der Waals surface area contributed by atoms with Gasteiger partial charge in [-0.05, 0) is 49.0 Å². The summed E-state index contributed by atoms with van der Waals surface area (Å²) >= 11 is 0. The van der Waals surface area contributed by atoms with Crippen LogP contribution in [0.25, 0.3) is 0 Å². The number of nitrogens with one attached hydrogen (secondary N) is 1. The summed E-state index contributed by atoms with van der Waals surface area (Å²) in [5.74, 6) is 1.89. The Balaban J connectivity index is 1.26. The van der Waals surface area contributed by atoms with Gasteiger partial charge in [0, 0.05) is 50.5 Å². The molecule has 30 heavy (non-hydrogen) atoms. The fourth-order valence-corrected chi connectivity index (χ4v) is 4.41. The number of pyridine rings is 1. The third-order valence-corrected chi connectivity index (χ3v) is 6.20. The molecule has 162 valence electrons. The molecule has 1 N–H and O–H groups in total. The quantitative estimate of drug-likeness (QED) is 0.780. The molecule has 2 aromatic rings. The van der Waals surface area contributed by atoms with E-state index in [1.807, 2.05) is 12.1 Å². The first kappa shape index (κ1) is 20.8. The number of carbonyl (C=O) groups excluding carboxylic acids is 1. The molecule has 1 atom stereocenters. The summed E-state index contributed by atoms with van der Waals surface area (Å²) in [6.07, 6.45) is 7.72. The first-order valence-electron chi connectivity index (χ1n) is 11.1. The summed E-state index contributed by atoms with van der Waals surface area (Å²) in [7, 11) is 0. The van der Waals surface area contributed by atoms with Gasteiger partial charge in [0.15, 0.2) is 0 Å². The molecule has 4 heterocycles. The number of anilines is 1. The Morgan fingerprint density at radius 3 is 2.80 bits per heavy atom. The lowest BCUT2D eigenvalue weighted by Crippen LogP contribution is -2.51. The van der Waals surface area contributed by atoms with Gasteiger partial charge < -0.3 is 14.7 Å². The van der Waals surface area contributed by atoms with Gasteiger partial charge in [-0.25, -0.2) is 0 Å². The average molecular weight is 413 g/mol. The highest BCUT2D eigenvalue weighted by Crippen LogP contribution is 2.26. The molecule has 2 aliphatic heterocycles. The van der Waals surface area contributed by atoms with E-state index >= 15 is 0 Å². The van der Waals surface area contributed by atoms with E-state index in [1.54, 1.807) is 12.4 Å². The van der Waals surface area contributed by atoms with Crippen molar-refractivity contribution in [2.45, 2.75) is 58.0 Å². The van der Waals surface area contributed by atoms with Crippen LogP contribution in [0.2, 0.25) is 0 Å². The molecule has 0 aliphatic carbocycles. The molecule has 0 saturated carbocycles. The third kappa shape index (κ3) is 4.98. The second-order valence-electron chi connectivity index (χ2n) is 8.72. The Labute approximate surface area is 178 Å². The zero-order chi connectivity index (χ0) is 20.9. The Kier molecular flexibility index (Phi) is 6.62. The lowest BCUT2D eigenvalue weighted by molar-refractivity contribution is -0.127. The van der Waals surface area contributed by atoms with Crippen LogP contribution in [0.1, 0.15) is 56.9 Å². The van der Waals surface area contributed by atoms with Crippen molar-refractivity contribution in [3.05, 3.63) is 36.0 Å². The van der Waals surface area contributed by atoms with Gasteiger partial charge in [-0.2, -0.15) is 4.98 Å². The van der Waals surface area contributed by atoms with Gasteiger partial charge in [0.05, 0.1) is 5.92 Å². The average Bonchev–Trinajstić information content (AvgIpc) is 3.29. The summed E-state index contributed by atoms with van der Waals surface area (Å²) in [6, 6.07) is 4.41. The van der Waals surface area contributed by atoms with Crippen molar-refractivity contribution in [2.24, 2.45) is 5.92 Å². The molecular weight excluding hydrogens is 380 g/mol. The number of hydrogen-bond donors (Lipinski definition) is 1. The molecule has 2 fully saturated rings. The molecule has 0 unspecified atom stereocenters. The van der Waals surface area contributed by atoms with Crippen LogP contribution in [0.4, 0.5) is 5.95 Å². The number of rotatable bonds is 6. The molecule has 0 bridgehead atoms. The Morgan fingerprint density at radius 2 is 2.10 bits per heavy atom. The Bertz CT molecular complexity index is 816. The van der Waals surface area contributed by atoms with E-state index in [1.165, 1.54) is 0 Å². The number of piperidine rings is 2. The molecule has 2 saturated heterocycles. The summed E-state index contributed by atoms with van der Waals surface area (Å²) in [5.41, 5.74) is 1.04. The van der Waals surface area contributed by atoms with Crippen LogP contribution >= 0.6 is 0 Å². The number of aromatic nitrogens is 3. The first-order chi connectivity index (χ1) is 14.6. The summed E-state index contributed by atoms with van der Waals surface area (Å²) in [6.45, 7) is 8.45. The molecule has 0 radical (unpaired) electrons. The van der Waals surface area contributed by atoms with Crippen LogP contribution in [0.3, 0.4) is 0 Å². The number of hydrogen-bond acceptors (Lipinski definition) is 7. The van der Waals surface area contributed by atoms with E-state index in [0.29, 0.717) is 24.4 Å². The molecule has 1 amide bonds. The third-order valence-electron chi connectivity index (χ3n) is 6.20. The van der Waals surface area contributed by atoms with Gasteiger partial charge in [-0.1, -0.05) is 19.9 Å². The molecular formula is C22H32N6O2. The summed E-state index contributed by atoms with van der Waals surface area (Å²) < 4.78 is 5.36. The lowest BCUT2D eigenvalue weighted by atomic mass is 9.93. The minimum Gasteiger partial charge on any atom is -0.352 e. The fourth-order valence-electron chi connectivity index (χ4n) is 4.41. The van der Waals surface area contributed by atoms with Gasteiger partial charge in [0.2, 0.25) is 11.8 Å². The van der Waals surface area contributed by atoms with E-state index in [4.69, 9.17) is 4.52 Å². The lowest BCUT2D eigenvalue weighted by Gasteiger charge is -2.41. The highest BCUT2D eigenvalue weighted by atomic mass is 16.5. The van der Waals surface area contributed by atoms with Crippen LogP contribution in [0, 0.1) is 5.92 Å². The SMILES string of the molecule is CC(C)c1nc(N2CCC(N3CCC[C@H](C(=O)NCc4cccnc4)C3)CC2)no1. The second-order valence-corrected chi connectivity index (χ2v) is 8.72. The minimum atomic E-state index is 0.0688. The van der Waals surface area contributed by atoms with Crippen LogP contribution in [-0.4, -0.2) is 58.2 Å². The van der Waals surface area contributed by atoms with Crippen molar-refractivity contribution < 1.29 is 9.32 Å². The second kappa shape index (κ2) is 9.55. The van der Waals surface area contributed by atoms with Gasteiger partial charge >= 0.3 is 0 Å².